The highest BCUT2D eigenvalue weighted by Crippen LogP contribution is 2.08. The lowest BCUT2D eigenvalue weighted by Crippen LogP contribution is -2.51. The molecule has 0 aliphatic carbocycles. The topological polar surface area (TPSA) is 139 Å². The zero-order valence-corrected chi connectivity index (χ0v) is 17.5. The smallest absolute Gasteiger partial charge is 0.408 e. The summed E-state index contributed by atoms with van der Waals surface area (Å²) >= 11 is 0.990. The van der Waals surface area contributed by atoms with Crippen molar-refractivity contribution in [3.05, 3.63) is 35.9 Å². The van der Waals surface area contributed by atoms with E-state index in [1.165, 1.54) is 6.92 Å². The van der Waals surface area contributed by atoms with Gasteiger partial charge in [-0.2, -0.15) is 0 Å². The maximum atomic E-state index is 12.6. The van der Waals surface area contributed by atoms with Crippen molar-refractivity contribution in [3.63, 3.8) is 0 Å². The Balaban J connectivity index is 2.70. The predicted molar refractivity (Wildman–Crippen MR) is 111 cm³/mol. The zero-order chi connectivity index (χ0) is 22.4. The molecule has 1 aromatic carbocycles. The molecule has 0 spiro atoms. The Labute approximate surface area is 178 Å². The van der Waals surface area contributed by atoms with Gasteiger partial charge in [0.2, 0.25) is 5.91 Å². The number of aldehydes is 1. The molecule has 3 N–H and O–H groups in total. The van der Waals surface area contributed by atoms with Crippen molar-refractivity contribution in [2.45, 2.75) is 51.3 Å². The third kappa shape index (κ3) is 10.6. The summed E-state index contributed by atoms with van der Waals surface area (Å²) in [6.45, 7) is 1.39. The first-order valence-corrected chi connectivity index (χ1v) is 10.4. The molecule has 0 heterocycles. The number of rotatable bonds is 13. The number of alkyl carbamates (subject to hydrolysis) is 1. The molecule has 0 fully saturated rings. The van der Waals surface area contributed by atoms with Crippen LogP contribution in [-0.4, -0.2) is 52.3 Å². The second kappa shape index (κ2) is 14.2. The van der Waals surface area contributed by atoms with Gasteiger partial charge in [-0.25, -0.2) is 9.59 Å². The van der Waals surface area contributed by atoms with Gasteiger partial charge in [-0.15, -0.1) is 0 Å². The SMILES string of the molecule is CC(=O)SCC[C@H](NC(=O)OCc1ccccc1)C(=O)N[C@@H](CCCC=O)C(=O)O. The average molecular weight is 439 g/mol. The van der Waals surface area contributed by atoms with Gasteiger partial charge in [0.05, 0.1) is 0 Å². The number of aliphatic carboxylic acids is 1. The molecule has 1 rings (SSSR count). The summed E-state index contributed by atoms with van der Waals surface area (Å²) in [7, 11) is 0. The third-order valence-corrected chi connectivity index (χ3v) is 4.81. The van der Waals surface area contributed by atoms with Gasteiger partial charge >= 0.3 is 12.1 Å². The van der Waals surface area contributed by atoms with Gasteiger partial charge in [0, 0.05) is 19.1 Å². The van der Waals surface area contributed by atoms with Crippen LogP contribution in [0.3, 0.4) is 0 Å². The van der Waals surface area contributed by atoms with Crippen LogP contribution in [0.1, 0.15) is 38.2 Å². The maximum absolute atomic E-state index is 12.6. The summed E-state index contributed by atoms with van der Waals surface area (Å²) in [6.07, 6.45) is 0.511. The summed E-state index contributed by atoms with van der Waals surface area (Å²) < 4.78 is 5.11. The first-order chi connectivity index (χ1) is 14.3. The minimum atomic E-state index is -1.24. The van der Waals surface area contributed by atoms with Crippen LogP contribution >= 0.6 is 11.8 Å². The van der Waals surface area contributed by atoms with E-state index in [1.54, 1.807) is 24.3 Å². The molecule has 164 valence electrons. The third-order valence-electron chi connectivity index (χ3n) is 3.96. The Bertz CT molecular complexity index is 727. The van der Waals surface area contributed by atoms with Crippen LogP contribution in [0.5, 0.6) is 0 Å². The number of unbranched alkanes of at least 4 members (excludes halogenated alkanes) is 1. The molecule has 0 saturated heterocycles. The van der Waals surface area contributed by atoms with Crippen molar-refractivity contribution < 1.29 is 33.8 Å². The molecule has 9 nitrogen and oxygen atoms in total. The van der Waals surface area contributed by atoms with Crippen molar-refractivity contribution in [2.75, 3.05) is 5.75 Å². The molecule has 0 unspecified atom stereocenters. The first kappa shape index (κ1) is 25.2. The standard InChI is InChI=1S/C20H26N2O7S/c1-14(24)30-12-10-16(18(25)21-17(19(26)27)9-5-6-11-23)22-20(28)29-13-15-7-3-2-4-8-15/h2-4,7-8,11,16-17H,5-6,9-10,12-13H2,1H3,(H,21,25)(H,22,28)(H,26,27)/t16-,17-/m0/s1. The quantitative estimate of drug-likeness (QED) is 0.313. The van der Waals surface area contributed by atoms with E-state index in [2.05, 4.69) is 10.6 Å². The number of hydrogen-bond acceptors (Lipinski definition) is 7. The van der Waals surface area contributed by atoms with Crippen LogP contribution in [0.2, 0.25) is 0 Å². The highest BCUT2D eigenvalue weighted by atomic mass is 32.2. The molecule has 1 aromatic rings. The number of ether oxygens (including phenoxy) is 1. The molecule has 0 saturated carbocycles. The Hall–Kier alpha value is -2.88. The van der Waals surface area contributed by atoms with E-state index in [9.17, 15) is 29.1 Å². The van der Waals surface area contributed by atoms with E-state index >= 15 is 0 Å². The molecule has 0 radical (unpaired) electrons. The summed E-state index contributed by atoms with van der Waals surface area (Å²) in [5, 5.41) is 13.9. The number of nitrogens with one attached hydrogen (secondary N) is 2. The Morgan fingerprint density at radius 2 is 1.80 bits per heavy atom. The van der Waals surface area contributed by atoms with Crippen molar-refractivity contribution in [2.24, 2.45) is 0 Å². The van der Waals surface area contributed by atoms with E-state index < -0.39 is 30.1 Å². The van der Waals surface area contributed by atoms with Crippen LogP contribution in [0.15, 0.2) is 30.3 Å². The van der Waals surface area contributed by atoms with E-state index in [1.807, 2.05) is 6.07 Å². The molecule has 0 aliphatic rings. The lowest BCUT2D eigenvalue weighted by molar-refractivity contribution is -0.142. The van der Waals surface area contributed by atoms with Crippen LogP contribution < -0.4 is 10.6 Å². The van der Waals surface area contributed by atoms with E-state index in [4.69, 9.17) is 4.74 Å². The van der Waals surface area contributed by atoms with Crippen molar-refractivity contribution in [1.29, 1.82) is 0 Å². The molecule has 2 amide bonds. The van der Waals surface area contributed by atoms with Crippen molar-refractivity contribution >= 4 is 41.1 Å². The summed E-state index contributed by atoms with van der Waals surface area (Å²) in [6, 6.07) is 6.70. The monoisotopic (exact) mass is 438 g/mol. The average Bonchev–Trinajstić information content (AvgIpc) is 2.71. The predicted octanol–water partition coefficient (Wildman–Crippen LogP) is 1.89. The second-order valence-electron chi connectivity index (χ2n) is 6.38. The molecule has 0 aliphatic heterocycles. The van der Waals surface area contributed by atoms with Gasteiger partial charge in [-0.3, -0.25) is 9.59 Å². The van der Waals surface area contributed by atoms with Crippen LogP contribution in [0.4, 0.5) is 4.79 Å². The number of amides is 2. The van der Waals surface area contributed by atoms with Crippen molar-refractivity contribution in [3.8, 4) is 0 Å². The highest BCUT2D eigenvalue weighted by molar-refractivity contribution is 8.13. The molecule has 0 aromatic heterocycles. The number of hydrogen-bond donors (Lipinski definition) is 3. The van der Waals surface area contributed by atoms with Crippen LogP contribution in [0, 0.1) is 0 Å². The van der Waals surface area contributed by atoms with Crippen LogP contribution in [-0.2, 0) is 30.5 Å². The van der Waals surface area contributed by atoms with E-state index in [-0.39, 0.29) is 36.7 Å². The number of thioether (sulfide) groups is 1. The molecule has 0 bridgehead atoms. The van der Waals surface area contributed by atoms with Gasteiger partial charge in [0.1, 0.15) is 25.0 Å². The summed E-state index contributed by atoms with van der Waals surface area (Å²) in [4.78, 5) is 57.6. The normalized spacial score (nSPS) is 12.3. The fraction of sp³-hybridized carbons (Fsp3) is 0.450. The number of carboxylic acid groups (broad SMARTS) is 1. The lowest BCUT2D eigenvalue weighted by Gasteiger charge is -2.21. The first-order valence-electron chi connectivity index (χ1n) is 9.41. The Morgan fingerprint density at radius 1 is 1.10 bits per heavy atom. The fourth-order valence-corrected chi connectivity index (χ4v) is 3.07. The van der Waals surface area contributed by atoms with Gasteiger partial charge in [-0.05, 0) is 24.8 Å². The minimum absolute atomic E-state index is 0.00660. The maximum Gasteiger partial charge on any atom is 0.408 e. The van der Waals surface area contributed by atoms with Gasteiger partial charge in [-0.1, -0.05) is 42.1 Å². The van der Waals surface area contributed by atoms with Crippen molar-refractivity contribution in [1.82, 2.24) is 10.6 Å². The molecule has 2 atom stereocenters. The largest absolute Gasteiger partial charge is 0.480 e. The van der Waals surface area contributed by atoms with E-state index in [0.29, 0.717) is 12.7 Å². The number of carbonyl (C=O) groups excluding carboxylic acids is 4. The fourth-order valence-electron chi connectivity index (χ4n) is 2.43. The number of carboxylic acids is 1. The highest BCUT2D eigenvalue weighted by Gasteiger charge is 2.26. The van der Waals surface area contributed by atoms with Gasteiger partial charge in [0.25, 0.3) is 0 Å². The van der Waals surface area contributed by atoms with Gasteiger partial charge in [0.15, 0.2) is 5.12 Å². The van der Waals surface area contributed by atoms with E-state index in [0.717, 1.165) is 17.3 Å². The number of benzene rings is 1. The van der Waals surface area contributed by atoms with Gasteiger partial charge < -0.3 is 25.3 Å². The lowest BCUT2D eigenvalue weighted by atomic mass is 10.1. The second-order valence-corrected chi connectivity index (χ2v) is 7.66. The molecular formula is C20H26N2O7S. The van der Waals surface area contributed by atoms with Crippen LogP contribution in [0.25, 0.3) is 0 Å². The summed E-state index contributed by atoms with van der Waals surface area (Å²) in [5.74, 6) is -1.68. The molecular weight excluding hydrogens is 412 g/mol. The Kier molecular flexibility index (Phi) is 11.9. The zero-order valence-electron chi connectivity index (χ0n) is 16.7. The number of carbonyl (C=O) groups is 5. The summed E-state index contributed by atoms with van der Waals surface area (Å²) in [5.41, 5.74) is 0.766. The Morgan fingerprint density at radius 3 is 2.40 bits per heavy atom. The minimum Gasteiger partial charge on any atom is -0.480 e. The molecule has 10 heteroatoms. The molecule has 30 heavy (non-hydrogen) atoms.